The van der Waals surface area contributed by atoms with Crippen molar-refractivity contribution in [3.05, 3.63) is 33.8 Å². The summed E-state index contributed by atoms with van der Waals surface area (Å²) in [7, 11) is -0.791. The van der Waals surface area contributed by atoms with Gasteiger partial charge in [-0.3, -0.25) is 4.21 Å². The van der Waals surface area contributed by atoms with Crippen LogP contribution in [0.25, 0.3) is 0 Å². The highest BCUT2D eigenvalue weighted by atomic mass is 79.9. The molecule has 1 atom stereocenters. The van der Waals surface area contributed by atoms with E-state index in [1.54, 1.807) is 24.5 Å². The van der Waals surface area contributed by atoms with Crippen molar-refractivity contribution < 1.29 is 14.1 Å². The van der Waals surface area contributed by atoms with E-state index in [1.165, 1.54) is 0 Å². The number of carboxylic acid groups (broad SMARTS) is 1. The van der Waals surface area contributed by atoms with E-state index in [0.717, 1.165) is 10.0 Å². The van der Waals surface area contributed by atoms with Crippen molar-refractivity contribution in [2.24, 2.45) is 0 Å². The maximum Gasteiger partial charge on any atom is 0.335 e. The van der Waals surface area contributed by atoms with Crippen LogP contribution in [0.15, 0.2) is 22.7 Å². The van der Waals surface area contributed by atoms with Gasteiger partial charge in [0.05, 0.1) is 5.56 Å². The molecule has 0 aromatic heterocycles. The largest absolute Gasteiger partial charge is 0.478 e. The van der Waals surface area contributed by atoms with E-state index in [9.17, 15) is 9.00 Å². The van der Waals surface area contributed by atoms with Crippen LogP contribution in [0, 0.1) is 0 Å². The Bertz CT molecular complexity index is 437. The van der Waals surface area contributed by atoms with E-state index in [0.29, 0.717) is 18.8 Å². The van der Waals surface area contributed by atoms with E-state index in [4.69, 9.17) is 5.11 Å². The zero-order valence-electron chi connectivity index (χ0n) is 9.40. The maximum atomic E-state index is 10.8. The van der Waals surface area contributed by atoms with Crippen molar-refractivity contribution in [1.82, 2.24) is 5.32 Å². The summed E-state index contributed by atoms with van der Waals surface area (Å²) >= 11 is 3.33. The first-order chi connectivity index (χ1) is 8.00. The fourth-order valence-corrected chi connectivity index (χ4v) is 2.21. The molecule has 0 amide bonds. The first-order valence-electron chi connectivity index (χ1n) is 5.03. The van der Waals surface area contributed by atoms with Gasteiger partial charge in [-0.25, -0.2) is 4.79 Å². The molecule has 0 aliphatic carbocycles. The predicted octanol–water partition coefficient (Wildman–Crippen LogP) is 1.62. The first kappa shape index (κ1) is 14.3. The molecule has 0 saturated carbocycles. The Labute approximate surface area is 111 Å². The second-order valence-corrected chi connectivity index (χ2v) is 5.97. The molecule has 2 N–H and O–H groups in total. The minimum Gasteiger partial charge on any atom is -0.478 e. The molecular weight excluding hydrogens is 306 g/mol. The van der Waals surface area contributed by atoms with Gasteiger partial charge in [-0.1, -0.05) is 22.0 Å². The minimum atomic E-state index is -0.938. The number of carbonyl (C=O) groups is 1. The van der Waals surface area contributed by atoms with Crippen molar-refractivity contribution in [3.8, 4) is 0 Å². The summed E-state index contributed by atoms with van der Waals surface area (Å²) in [5.41, 5.74) is 1.24. The summed E-state index contributed by atoms with van der Waals surface area (Å²) < 4.78 is 11.6. The second kappa shape index (κ2) is 6.88. The number of aromatic carboxylic acids is 1. The highest BCUT2D eigenvalue weighted by Crippen LogP contribution is 2.18. The molecule has 4 nitrogen and oxygen atoms in total. The van der Waals surface area contributed by atoms with Crippen LogP contribution in [-0.2, 0) is 17.3 Å². The second-order valence-electron chi connectivity index (χ2n) is 3.57. The third-order valence-electron chi connectivity index (χ3n) is 2.18. The molecule has 0 heterocycles. The normalized spacial score (nSPS) is 12.4. The van der Waals surface area contributed by atoms with Crippen LogP contribution in [-0.4, -0.2) is 33.8 Å². The average molecular weight is 320 g/mol. The fraction of sp³-hybridized carbons (Fsp3) is 0.364. The highest BCUT2D eigenvalue weighted by molar-refractivity contribution is 9.10. The maximum absolute atomic E-state index is 10.8. The van der Waals surface area contributed by atoms with Gasteiger partial charge in [0.15, 0.2) is 0 Å². The van der Waals surface area contributed by atoms with Crippen molar-refractivity contribution in [2.75, 3.05) is 18.6 Å². The van der Waals surface area contributed by atoms with E-state index in [1.807, 2.05) is 0 Å². The van der Waals surface area contributed by atoms with Crippen LogP contribution in [0.5, 0.6) is 0 Å². The lowest BCUT2D eigenvalue weighted by Gasteiger charge is -2.07. The number of nitrogens with one attached hydrogen (secondary N) is 1. The van der Waals surface area contributed by atoms with Gasteiger partial charge in [-0.05, 0) is 17.7 Å². The molecule has 17 heavy (non-hydrogen) atoms. The zero-order chi connectivity index (χ0) is 12.8. The molecular formula is C11H14BrNO3S. The van der Waals surface area contributed by atoms with Crippen molar-refractivity contribution >= 4 is 32.7 Å². The van der Waals surface area contributed by atoms with Crippen LogP contribution in [0.1, 0.15) is 15.9 Å². The van der Waals surface area contributed by atoms with E-state index in [2.05, 4.69) is 21.2 Å². The number of rotatable bonds is 6. The molecule has 1 unspecified atom stereocenters. The molecule has 0 aliphatic rings. The standard InChI is InChI=1S/C11H14BrNO3S/c1-17(16)5-4-13-7-9-3-2-8(11(14)15)6-10(9)12/h2-3,6,13H,4-5,7H2,1H3,(H,14,15). The van der Waals surface area contributed by atoms with Crippen LogP contribution >= 0.6 is 15.9 Å². The molecule has 1 aromatic rings. The Hall–Kier alpha value is -0.720. The third-order valence-corrected chi connectivity index (χ3v) is 3.70. The molecule has 0 saturated heterocycles. The van der Waals surface area contributed by atoms with Crippen LogP contribution in [0.2, 0.25) is 0 Å². The lowest BCUT2D eigenvalue weighted by molar-refractivity contribution is 0.0697. The number of halogens is 1. The quantitative estimate of drug-likeness (QED) is 0.782. The summed E-state index contributed by atoms with van der Waals surface area (Å²) in [6.07, 6.45) is 1.67. The summed E-state index contributed by atoms with van der Waals surface area (Å²) in [6.45, 7) is 1.30. The predicted molar refractivity (Wildman–Crippen MR) is 71.7 cm³/mol. The molecule has 0 fully saturated rings. The molecule has 94 valence electrons. The Balaban J connectivity index is 2.54. The molecule has 1 rings (SSSR count). The van der Waals surface area contributed by atoms with Gasteiger partial charge >= 0.3 is 5.97 Å². The van der Waals surface area contributed by atoms with Gasteiger partial charge in [0.1, 0.15) is 0 Å². The summed E-state index contributed by atoms with van der Waals surface area (Å²) in [5, 5.41) is 12.0. The first-order valence-corrected chi connectivity index (χ1v) is 7.55. The van der Waals surface area contributed by atoms with Crippen LogP contribution < -0.4 is 5.32 Å². The Morgan fingerprint density at radius 3 is 2.76 bits per heavy atom. The van der Waals surface area contributed by atoms with Gasteiger partial charge in [0.2, 0.25) is 0 Å². The molecule has 0 bridgehead atoms. The molecule has 0 spiro atoms. The average Bonchev–Trinajstić information content (AvgIpc) is 2.25. The van der Waals surface area contributed by atoms with E-state index in [-0.39, 0.29) is 5.56 Å². The topological polar surface area (TPSA) is 66.4 Å². The van der Waals surface area contributed by atoms with Crippen molar-refractivity contribution in [2.45, 2.75) is 6.54 Å². The fourth-order valence-electron chi connectivity index (χ4n) is 1.26. The number of benzene rings is 1. The Morgan fingerprint density at radius 2 is 2.24 bits per heavy atom. The minimum absolute atomic E-state index is 0.260. The summed E-state index contributed by atoms with van der Waals surface area (Å²) in [5.74, 6) is -0.322. The zero-order valence-corrected chi connectivity index (χ0v) is 11.8. The van der Waals surface area contributed by atoms with Crippen LogP contribution in [0.4, 0.5) is 0 Å². The van der Waals surface area contributed by atoms with Crippen molar-refractivity contribution in [1.29, 1.82) is 0 Å². The van der Waals surface area contributed by atoms with Gasteiger partial charge < -0.3 is 10.4 Å². The lowest BCUT2D eigenvalue weighted by Crippen LogP contribution is -2.19. The van der Waals surface area contributed by atoms with E-state index >= 15 is 0 Å². The summed E-state index contributed by atoms with van der Waals surface area (Å²) in [6, 6.07) is 4.92. The number of carboxylic acids is 1. The van der Waals surface area contributed by atoms with Crippen molar-refractivity contribution in [3.63, 3.8) is 0 Å². The third kappa shape index (κ3) is 4.97. The smallest absolute Gasteiger partial charge is 0.335 e. The molecule has 1 aromatic carbocycles. The molecule has 0 aliphatic heterocycles. The monoisotopic (exact) mass is 319 g/mol. The SMILES string of the molecule is CS(=O)CCNCc1ccc(C(=O)O)cc1Br. The van der Waals surface area contributed by atoms with Crippen LogP contribution in [0.3, 0.4) is 0 Å². The number of hydrogen-bond donors (Lipinski definition) is 2. The van der Waals surface area contributed by atoms with Gasteiger partial charge in [0.25, 0.3) is 0 Å². The Kier molecular flexibility index (Phi) is 5.80. The molecule has 6 heteroatoms. The van der Waals surface area contributed by atoms with E-state index < -0.39 is 16.8 Å². The summed E-state index contributed by atoms with van der Waals surface area (Å²) in [4.78, 5) is 10.7. The van der Waals surface area contributed by atoms with Gasteiger partial charge in [-0.15, -0.1) is 0 Å². The van der Waals surface area contributed by atoms with Gasteiger partial charge in [0, 0.05) is 40.4 Å². The number of hydrogen-bond acceptors (Lipinski definition) is 3. The Morgan fingerprint density at radius 1 is 1.53 bits per heavy atom. The highest BCUT2D eigenvalue weighted by Gasteiger charge is 2.06. The van der Waals surface area contributed by atoms with Gasteiger partial charge in [-0.2, -0.15) is 0 Å². The molecule has 0 radical (unpaired) electrons. The lowest BCUT2D eigenvalue weighted by atomic mass is 10.1.